The minimum absolute atomic E-state index is 0.0651. The fourth-order valence-corrected chi connectivity index (χ4v) is 11.1. The van der Waals surface area contributed by atoms with Gasteiger partial charge in [-0.2, -0.15) is 0 Å². The van der Waals surface area contributed by atoms with Gasteiger partial charge in [0.2, 0.25) is 11.8 Å². The normalized spacial score (nSPS) is 40.4. The van der Waals surface area contributed by atoms with Crippen molar-refractivity contribution in [2.75, 3.05) is 65.9 Å². The Balaban J connectivity index is 0.000000347. The van der Waals surface area contributed by atoms with Gasteiger partial charge in [0.25, 0.3) is 0 Å². The molecule has 38 heteroatoms. The first-order chi connectivity index (χ1) is 45.7. The highest BCUT2D eigenvalue weighted by Gasteiger charge is 2.55. The molecule has 6 saturated heterocycles. The third-order valence-corrected chi connectivity index (χ3v) is 16.8. The number of hydrogen-bond donors (Lipinski definition) is 22. The number of Topliss-reactive ketones (excluding diaryl/α,β-unsaturated/α-hetero) is 2. The number of hydrogen-bond acceptors (Lipinski definition) is 36. The lowest BCUT2D eigenvalue weighted by atomic mass is 9.96. The molecule has 0 bridgehead atoms. The summed E-state index contributed by atoms with van der Waals surface area (Å²) in [6.07, 6.45) is -45.3. The average Bonchev–Trinajstić information content (AvgIpc) is 0.791. The zero-order valence-electron chi connectivity index (χ0n) is 53.4. The molecule has 0 aromatic carbocycles. The van der Waals surface area contributed by atoms with Gasteiger partial charge in [-0.1, -0.05) is 0 Å². The number of ketones is 2. The van der Waals surface area contributed by atoms with E-state index in [1.54, 1.807) is 0 Å². The largest absolute Gasteiger partial charge is 0.394 e. The zero-order valence-corrected chi connectivity index (χ0v) is 53.4. The number of aliphatic hydroxyl groups is 20. The number of carbonyl (C=O) groups excluding carboxylic acids is 4. The lowest BCUT2D eigenvalue weighted by Crippen LogP contribution is -2.65. The number of amides is 2. The van der Waals surface area contributed by atoms with Gasteiger partial charge in [0, 0.05) is 51.6 Å². The van der Waals surface area contributed by atoms with Gasteiger partial charge in [0.15, 0.2) is 37.7 Å². The van der Waals surface area contributed by atoms with Crippen molar-refractivity contribution < 1.29 is 178 Å². The van der Waals surface area contributed by atoms with Crippen molar-refractivity contribution in [3.05, 3.63) is 0 Å². The molecule has 30 atom stereocenters. The summed E-state index contributed by atoms with van der Waals surface area (Å²) in [4.78, 5) is 47.7. The van der Waals surface area contributed by atoms with Crippen molar-refractivity contribution >= 4 is 23.4 Å². The van der Waals surface area contributed by atoms with Gasteiger partial charge in [-0.15, -0.1) is 0 Å². The number of carbonyl (C=O) groups is 4. The van der Waals surface area contributed by atoms with Gasteiger partial charge in [0.1, 0.15) is 158 Å². The quantitative estimate of drug-likeness (QED) is 0.0259. The maximum Gasteiger partial charge on any atom is 0.219 e. The second-order valence-corrected chi connectivity index (χ2v) is 24.1. The Morgan fingerprint density at radius 3 is 0.865 bits per heavy atom. The third-order valence-electron chi connectivity index (χ3n) is 16.8. The molecule has 0 unspecified atom stereocenters. The molecule has 0 radical (unpaired) electrons. The summed E-state index contributed by atoms with van der Waals surface area (Å²) >= 11 is 0. The van der Waals surface area contributed by atoms with E-state index in [1.807, 2.05) is 13.8 Å². The van der Waals surface area contributed by atoms with Crippen LogP contribution in [0, 0.1) is 0 Å². The molecule has 6 heterocycles. The molecule has 560 valence electrons. The topological polar surface area (TPSA) is 608 Å². The molecule has 0 spiro atoms. The number of nitrogens with one attached hydrogen (secondary N) is 2. The Hall–Kier alpha value is -3.00. The van der Waals surface area contributed by atoms with E-state index in [4.69, 9.17) is 56.8 Å². The summed E-state index contributed by atoms with van der Waals surface area (Å²) in [6.45, 7) is 0.321. The predicted molar refractivity (Wildman–Crippen MR) is 313 cm³/mol. The molecule has 6 aliphatic rings. The highest BCUT2D eigenvalue weighted by Crippen LogP contribution is 2.34. The summed E-state index contributed by atoms with van der Waals surface area (Å²) in [5.41, 5.74) is 0. The molecule has 0 aromatic rings. The van der Waals surface area contributed by atoms with Gasteiger partial charge in [-0.3, -0.25) is 19.2 Å². The Kier molecular flexibility index (Phi) is 36.4. The van der Waals surface area contributed by atoms with Crippen molar-refractivity contribution in [1.29, 1.82) is 0 Å². The van der Waals surface area contributed by atoms with E-state index in [9.17, 15) is 121 Å². The SMILES string of the molecule is CCNC(=O)CCCCC(=O)CCCO[C@@H]1O[C@H](CO[C@H]2O[C@H](CO)[C@@H](O)[C@H](O)[C@@H]2O)[C@@H](O)[C@H](O[C@H]2O[C@H](CO)[C@@H](O)[C@H](O)[C@@H]2O)[C@@H]1O.CCNC(=O)CCCCC(=O)CCCO[C@@H]1O[C@H](CO[C@H]2O[C@H](CO)[C@@H](O)[C@H](O)[C@@H]2O)[C@@H](O)[C@H](O[C@H]2O[C@H](CO)[C@@H](O)[C@H](O)[C@@H]2O)[C@@H]1O. The zero-order chi connectivity index (χ0) is 71.1. The van der Waals surface area contributed by atoms with Crippen LogP contribution in [0.4, 0.5) is 0 Å². The van der Waals surface area contributed by atoms with E-state index >= 15 is 0 Å². The van der Waals surface area contributed by atoms with Crippen LogP contribution in [0.2, 0.25) is 0 Å². The second-order valence-electron chi connectivity index (χ2n) is 24.1. The fraction of sp³-hybridized carbons (Fsp3) is 0.931. The van der Waals surface area contributed by atoms with E-state index in [0.29, 0.717) is 51.6 Å². The summed E-state index contributed by atoms with van der Waals surface area (Å²) in [5, 5.41) is 210. The number of rotatable bonds is 36. The minimum Gasteiger partial charge on any atom is -0.394 e. The summed E-state index contributed by atoms with van der Waals surface area (Å²) in [6, 6.07) is 0. The highest BCUT2D eigenvalue weighted by molar-refractivity contribution is 5.79. The second kappa shape index (κ2) is 41.8. The Bertz CT molecular complexity index is 2100. The first kappa shape index (κ1) is 83.7. The molecule has 0 saturated carbocycles. The molecule has 6 fully saturated rings. The van der Waals surface area contributed by atoms with Gasteiger partial charge >= 0.3 is 0 Å². The number of aliphatic hydroxyl groups excluding tert-OH is 20. The first-order valence-electron chi connectivity index (χ1n) is 32.3. The maximum absolute atomic E-state index is 12.3. The highest BCUT2D eigenvalue weighted by atomic mass is 16.8. The van der Waals surface area contributed by atoms with Gasteiger partial charge < -0.3 is 170 Å². The standard InChI is InChI=1S/2C29H51NO18/c2*1-2-30-17(34)8-4-3-6-13(33)7-5-9-43-28-25(42)26(48-29-24(41)22(39)19(36)15(11-32)46-29)20(37)16(47-28)12-44-27-23(40)21(38)18(35)14(10-31)45-27/h2*14-16,18-29,31-32,35-42H,2-12H2,1H3,(H,30,34)/t2*14-,15-,16-,18-,19-,20-,21+,22+,23+,24+,25+,26+,27+,28-,29-/m11/s1. The average molecular weight is 1400 g/mol. The lowest BCUT2D eigenvalue weighted by molar-refractivity contribution is -0.366. The molecule has 6 rings (SSSR count). The molecule has 22 N–H and O–H groups in total. The van der Waals surface area contributed by atoms with E-state index in [-0.39, 0.29) is 75.1 Å². The molecule has 6 aliphatic heterocycles. The Labute approximate surface area is 552 Å². The van der Waals surface area contributed by atoms with Gasteiger partial charge in [-0.25, -0.2) is 0 Å². The van der Waals surface area contributed by atoms with Crippen molar-refractivity contribution in [2.24, 2.45) is 0 Å². The van der Waals surface area contributed by atoms with Crippen molar-refractivity contribution in [3.63, 3.8) is 0 Å². The van der Waals surface area contributed by atoms with Crippen molar-refractivity contribution in [1.82, 2.24) is 10.6 Å². The number of ether oxygens (including phenoxy) is 12. The predicted octanol–water partition coefficient (Wildman–Crippen LogP) is -11.0. The maximum atomic E-state index is 12.3. The third kappa shape index (κ3) is 23.5. The molecule has 38 nitrogen and oxygen atoms in total. The van der Waals surface area contributed by atoms with E-state index < -0.39 is 224 Å². The molecular weight excluding hydrogens is 1300 g/mol. The summed E-state index contributed by atoms with van der Waals surface area (Å²) in [5.74, 6) is -0.296. The van der Waals surface area contributed by atoms with Gasteiger partial charge in [-0.05, 0) is 52.4 Å². The lowest BCUT2D eigenvalue weighted by Gasteiger charge is -2.46. The smallest absolute Gasteiger partial charge is 0.219 e. The first-order valence-corrected chi connectivity index (χ1v) is 32.3. The molecule has 0 aromatic heterocycles. The van der Waals surface area contributed by atoms with Crippen LogP contribution in [-0.4, -0.2) is 376 Å². The monoisotopic (exact) mass is 1400 g/mol. The molecule has 0 aliphatic carbocycles. The minimum atomic E-state index is -1.87. The molecule has 96 heavy (non-hydrogen) atoms. The van der Waals surface area contributed by atoms with Gasteiger partial charge in [0.05, 0.1) is 52.9 Å². The van der Waals surface area contributed by atoms with Crippen LogP contribution in [0.1, 0.15) is 90.9 Å². The Morgan fingerprint density at radius 2 is 0.562 bits per heavy atom. The van der Waals surface area contributed by atoms with Crippen LogP contribution in [0.5, 0.6) is 0 Å². The van der Waals surface area contributed by atoms with E-state index in [1.165, 1.54) is 0 Å². The van der Waals surface area contributed by atoms with Crippen LogP contribution in [0.25, 0.3) is 0 Å². The van der Waals surface area contributed by atoms with Crippen LogP contribution < -0.4 is 10.6 Å². The summed E-state index contributed by atoms with van der Waals surface area (Å²) < 4.78 is 66.4. The fourth-order valence-electron chi connectivity index (χ4n) is 11.1. The van der Waals surface area contributed by atoms with Crippen LogP contribution in [-0.2, 0) is 76.0 Å². The van der Waals surface area contributed by atoms with Crippen LogP contribution in [0.3, 0.4) is 0 Å². The molecule has 2 amide bonds. The van der Waals surface area contributed by atoms with E-state index in [0.717, 1.165) is 0 Å². The van der Waals surface area contributed by atoms with Crippen LogP contribution >= 0.6 is 0 Å². The van der Waals surface area contributed by atoms with Crippen LogP contribution in [0.15, 0.2) is 0 Å². The summed E-state index contributed by atoms with van der Waals surface area (Å²) in [7, 11) is 0. The molecular formula is C58H102N2O36. The van der Waals surface area contributed by atoms with E-state index in [2.05, 4.69) is 10.6 Å². The van der Waals surface area contributed by atoms with Crippen molar-refractivity contribution in [3.8, 4) is 0 Å². The number of unbranched alkanes of at least 4 members (excludes halogenated alkanes) is 2. The Morgan fingerprint density at radius 1 is 0.302 bits per heavy atom. The van der Waals surface area contributed by atoms with Crippen molar-refractivity contribution in [2.45, 2.75) is 275 Å².